The van der Waals surface area contributed by atoms with Gasteiger partial charge in [0, 0.05) is 0 Å². The van der Waals surface area contributed by atoms with Crippen LogP contribution in [0.2, 0.25) is 0 Å². The molecule has 0 heterocycles. The van der Waals surface area contributed by atoms with E-state index in [-0.39, 0.29) is 0 Å². The second-order valence-electron chi connectivity index (χ2n) is 4.76. The normalized spacial score (nSPS) is 14.6. The van der Waals surface area contributed by atoms with Gasteiger partial charge in [0.1, 0.15) is 5.88 Å². The lowest BCUT2D eigenvalue weighted by atomic mass is 10.4. The molecule has 0 aliphatic carbocycles. The van der Waals surface area contributed by atoms with Gasteiger partial charge in [-0.15, -0.1) is 11.6 Å². The molecule has 10 heteroatoms. The van der Waals surface area contributed by atoms with Crippen LogP contribution in [-0.4, -0.2) is 42.5 Å². The third-order valence-corrected chi connectivity index (χ3v) is 4.36. The van der Waals surface area contributed by atoms with Gasteiger partial charge in [-0.1, -0.05) is 0 Å². The minimum atomic E-state index is -4.90. The van der Waals surface area contributed by atoms with Gasteiger partial charge in [-0.05, 0) is 27.7 Å². The summed E-state index contributed by atoms with van der Waals surface area (Å²) in [7, 11) is -4.09. The average Bonchev–Trinajstić information content (AvgIpc) is 2.23. The predicted molar refractivity (Wildman–Crippen MR) is 71.6 cm³/mol. The zero-order chi connectivity index (χ0) is 16.8. The minimum absolute atomic E-state index is 0.618. The van der Waals surface area contributed by atoms with E-state index in [4.69, 9.17) is 20.6 Å². The summed E-state index contributed by atoms with van der Waals surface area (Å²) in [6.45, 7) is 6.01. The summed E-state index contributed by atoms with van der Waals surface area (Å²) in [4.78, 5) is 11.0. The van der Waals surface area contributed by atoms with Gasteiger partial charge in [-0.25, -0.2) is 0 Å². The fraction of sp³-hybridized carbons (Fsp3) is 0.909. The number of hydrogen-bond acceptors (Lipinski definition) is 5. The zero-order valence-corrected chi connectivity index (χ0v) is 13.8. The Labute approximate surface area is 126 Å². The van der Waals surface area contributed by atoms with E-state index < -0.39 is 50.1 Å². The van der Waals surface area contributed by atoms with Crippen molar-refractivity contribution < 1.29 is 36.3 Å². The lowest BCUT2D eigenvalue weighted by molar-refractivity contribution is -0.214. The first-order valence-corrected chi connectivity index (χ1v) is 8.44. The van der Waals surface area contributed by atoms with Gasteiger partial charge in [0.25, 0.3) is 0 Å². The lowest BCUT2D eigenvalue weighted by Crippen LogP contribution is -2.38. The summed E-state index contributed by atoms with van der Waals surface area (Å²) in [6, 6.07) is 0. The molecule has 5 nitrogen and oxygen atoms in total. The lowest BCUT2D eigenvalue weighted by Gasteiger charge is -2.27. The number of hydrogen-bond donors (Lipinski definition) is 0. The molecule has 1 atom stereocenters. The first-order chi connectivity index (χ1) is 9.39. The van der Waals surface area contributed by atoms with Crippen LogP contribution >= 0.6 is 19.2 Å². The minimum Gasteiger partial charge on any atom is -0.451 e. The molecule has 0 aromatic heterocycles. The molecule has 0 N–H and O–H groups in total. The molecule has 0 radical (unpaired) electrons. The van der Waals surface area contributed by atoms with E-state index in [1.165, 1.54) is 27.7 Å². The Balaban J connectivity index is 5.20. The monoisotopic (exact) mass is 354 g/mol. The summed E-state index contributed by atoms with van der Waals surface area (Å²) in [6.07, 6.45) is -9.86. The zero-order valence-electron chi connectivity index (χ0n) is 12.1. The summed E-state index contributed by atoms with van der Waals surface area (Å²) < 4.78 is 65.2. The van der Waals surface area contributed by atoms with E-state index in [2.05, 4.69) is 4.74 Å². The average molecular weight is 355 g/mol. The maximum atomic E-state index is 12.9. The highest BCUT2D eigenvalue weighted by molar-refractivity contribution is 7.53. The third-order valence-electron chi connectivity index (χ3n) is 1.88. The second-order valence-corrected chi connectivity index (χ2v) is 7.03. The van der Waals surface area contributed by atoms with Crippen LogP contribution in [-0.2, 0) is 23.1 Å². The van der Waals surface area contributed by atoms with Crippen molar-refractivity contribution >= 4 is 25.2 Å². The molecule has 0 bridgehead atoms. The van der Waals surface area contributed by atoms with Gasteiger partial charge in [-0.3, -0.25) is 9.36 Å². The highest BCUT2D eigenvalue weighted by Crippen LogP contribution is 2.52. The van der Waals surface area contributed by atoms with E-state index >= 15 is 0 Å². The Morgan fingerprint density at radius 3 is 1.86 bits per heavy atom. The topological polar surface area (TPSA) is 61.8 Å². The molecule has 0 saturated carbocycles. The van der Waals surface area contributed by atoms with Crippen LogP contribution in [0.15, 0.2) is 0 Å². The fourth-order valence-electron chi connectivity index (χ4n) is 1.35. The molecule has 0 saturated heterocycles. The Morgan fingerprint density at radius 1 is 1.14 bits per heavy atom. The number of carbonyl (C=O) groups excluding carboxylic acids is 1. The van der Waals surface area contributed by atoms with Gasteiger partial charge in [0.05, 0.1) is 18.4 Å². The van der Waals surface area contributed by atoms with Gasteiger partial charge in [0.2, 0.25) is 6.10 Å². The van der Waals surface area contributed by atoms with Crippen molar-refractivity contribution in [2.45, 2.75) is 52.2 Å². The van der Waals surface area contributed by atoms with Crippen LogP contribution in [0.1, 0.15) is 27.7 Å². The molecular weight excluding hydrogens is 336 g/mol. The van der Waals surface area contributed by atoms with Gasteiger partial charge in [-0.2, -0.15) is 13.2 Å². The van der Waals surface area contributed by atoms with Crippen molar-refractivity contribution in [3.63, 3.8) is 0 Å². The first kappa shape index (κ1) is 20.7. The Kier molecular flexibility index (Phi) is 8.24. The predicted octanol–water partition coefficient (Wildman–Crippen LogP) is 3.74. The number of esters is 1. The maximum absolute atomic E-state index is 12.9. The quantitative estimate of drug-likeness (QED) is 0.377. The van der Waals surface area contributed by atoms with Crippen LogP contribution in [0, 0.1) is 0 Å². The van der Waals surface area contributed by atoms with E-state index in [0.717, 1.165) is 0 Å². The molecule has 0 aliphatic heterocycles. The number of rotatable bonds is 8. The molecule has 0 rings (SSSR count). The second kappa shape index (κ2) is 8.36. The number of halogens is 4. The van der Waals surface area contributed by atoms with E-state index in [0.29, 0.717) is 0 Å². The number of ether oxygens (including phenoxy) is 1. The molecule has 0 aromatic carbocycles. The third kappa shape index (κ3) is 8.66. The van der Waals surface area contributed by atoms with E-state index in [1.807, 2.05) is 0 Å². The summed E-state index contributed by atoms with van der Waals surface area (Å²) >= 11 is 5.11. The Morgan fingerprint density at radius 2 is 1.57 bits per heavy atom. The smallest absolute Gasteiger partial charge is 0.426 e. The summed E-state index contributed by atoms with van der Waals surface area (Å²) in [5, 5.41) is 0. The van der Waals surface area contributed by atoms with Crippen LogP contribution in [0.4, 0.5) is 13.2 Å². The van der Waals surface area contributed by atoms with Crippen molar-refractivity contribution in [2.24, 2.45) is 0 Å². The van der Waals surface area contributed by atoms with E-state index in [1.54, 1.807) is 0 Å². The van der Waals surface area contributed by atoms with Crippen molar-refractivity contribution in [1.82, 2.24) is 0 Å². The summed E-state index contributed by atoms with van der Waals surface area (Å²) in [5.74, 6) is -2.01. The molecule has 0 amide bonds. The van der Waals surface area contributed by atoms with Crippen LogP contribution in [0.25, 0.3) is 0 Å². The SMILES string of the molecule is CC(C)OP(=O)(CC(OC(=O)CCl)C(F)(F)F)OC(C)C. The van der Waals surface area contributed by atoms with Crippen molar-refractivity contribution in [2.75, 3.05) is 12.0 Å². The van der Waals surface area contributed by atoms with Gasteiger partial charge >= 0.3 is 19.7 Å². The summed E-state index contributed by atoms with van der Waals surface area (Å²) in [5.41, 5.74) is 0. The molecular formula is C11H19ClF3O5P. The molecule has 21 heavy (non-hydrogen) atoms. The van der Waals surface area contributed by atoms with Crippen molar-refractivity contribution in [3.05, 3.63) is 0 Å². The van der Waals surface area contributed by atoms with Crippen LogP contribution in [0.5, 0.6) is 0 Å². The van der Waals surface area contributed by atoms with Gasteiger partial charge < -0.3 is 13.8 Å². The highest BCUT2D eigenvalue weighted by Gasteiger charge is 2.48. The standard InChI is InChI=1S/C11H19ClF3O5P/c1-7(2)19-21(17,20-8(3)4)6-9(11(13,14)15)18-10(16)5-12/h7-9H,5-6H2,1-4H3. The highest BCUT2D eigenvalue weighted by atomic mass is 35.5. The van der Waals surface area contributed by atoms with Crippen molar-refractivity contribution in [3.8, 4) is 0 Å². The van der Waals surface area contributed by atoms with E-state index in [9.17, 15) is 22.5 Å². The molecule has 0 aromatic rings. The Hall–Kier alpha value is -0.300. The number of alkyl halides is 4. The fourth-order valence-corrected chi connectivity index (χ4v) is 3.61. The molecule has 0 spiro atoms. The van der Waals surface area contributed by atoms with Crippen molar-refractivity contribution in [1.29, 1.82) is 0 Å². The van der Waals surface area contributed by atoms with Gasteiger partial charge in [0.15, 0.2) is 0 Å². The first-order valence-electron chi connectivity index (χ1n) is 6.17. The number of carbonyl (C=O) groups is 1. The maximum Gasteiger partial charge on any atom is 0.426 e. The largest absolute Gasteiger partial charge is 0.451 e. The molecule has 1 unspecified atom stereocenters. The van der Waals surface area contributed by atoms with Crippen LogP contribution < -0.4 is 0 Å². The molecule has 0 aliphatic rings. The van der Waals surface area contributed by atoms with Crippen LogP contribution in [0.3, 0.4) is 0 Å². The Bertz CT molecular complexity index is 373. The molecule has 0 fully saturated rings. The molecule has 126 valence electrons.